The molecule has 1 aliphatic rings. The van der Waals surface area contributed by atoms with Gasteiger partial charge < -0.3 is 14.4 Å². The number of aromatic nitrogens is 4. The van der Waals surface area contributed by atoms with Crippen LogP contribution in [0.3, 0.4) is 0 Å². The summed E-state index contributed by atoms with van der Waals surface area (Å²) in [6, 6.07) is 10.2. The zero-order valence-electron chi connectivity index (χ0n) is 20.7. The lowest BCUT2D eigenvalue weighted by Gasteiger charge is -2.26. The lowest BCUT2D eigenvalue weighted by atomic mass is 10.1. The second-order valence-electron chi connectivity index (χ2n) is 9.04. The summed E-state index contributed by atoms with van der Waals surface area (Å²) < 4.78 is 14.6. The summed E-state index contributed by atoms with van der Waals surface area (Å²) in [5.41, 5.74) is 4.23. The van der Waals surface area contributed by atoms with Crippen LogP contribution in [0.5, 0.6) is 11.5 Å². The van der Waals surface area contributed by atoms with E-state index >= 15 is 0 Å². The Morgan fingerprint density at radius 3 is 2.54 bits per heavy atom. The lowest BCUT2D eigenvalue weighted by Crippen LogP contribution is -2.34. The molecular weight excluding hydrogens is 444 g/mol. The van der Waals surface area contributed by atoms with Crippen LogP contribution >= 0.6 is 0 Å². The van der Waals surface area contributed by atoms with Gasteiger partial charge in [-0.05, 0) is 32.0 Å². The molecular formula is C26H30N6O3. The zero-order valence-corrected chi connectivity index (χ0v) is 20.7. The molecule has 2 aromatic carbocycles. The first-order valence-corrected chi connectivity index (χ1v) is 11.7. The van der Waals surface area contributed by atoms with E-state index in [9.17, 15) is 4.79 Å². The maximum atomic E-state index is 13.4. The van der Waals surface area contributed by atoms with Gasteiger partial charge in [-0.1, -0.05) is 0 Å². The smallest absolute Gasteiger partial charge is 0.265 e. The number of ether oxygens (including phenoxy) is 2. The van der Waals surface area contributed by atoms with E-state index in [0.29, 0.717) is 22.6 Å². The van der Waals surface area contributed by atoms with Crippen molar-refractivity contribution < 1.29 is 9.47 Å². The van der Waals surface area contributed by atoms with Gasteiger partial charge in [-0.15, -0.1) is 0 Å². The van der Waals surface area contributed by atoms with Crippen LogP contribution in [0.4, 0.5) is 11.4 Å². The van der Waals surface area contributed by atoms with Crippen molar-refractivity contribution in [2.45, 2.75) is 26.4 Å². The minimum absolute atomic E-state index is 0.132. The van der Waals surface area contributed by atoms with Gasteiger partial charge in [-0.3, -0.25) is 18.9 Å². The van der Waals surface area contributed by atoms with Crippen LogP contribution in [0.15, 0.2) is 53.8 Å². The molecule has 0 aliphatic carbocycles. The van der Waals surface area contributed by atoms with Crippen molar-refractivity contribution in [2.24, 2.45) is 7.05 Å². The molecule has 4 aromatic rings. The quantitative estimate of drug-likeness (QED) is 0.438. The largest absolute Gasteiger partial charge is 0.497 e. The van der Waals surface area contributed by atoms with Gasteiger partial charge in [-0.2, -0.15) is 5.10 Å². The van der Waals surface area contributed by atoms with Gasteiger partial charge in [0.25, 0.3) is 5.56 Å². The standard InChI is InChI=1S/C26H30N6O3/c1-17(2)30-8-9-31(24-11-20(34-4)12-25(35-5)22(24)15-30)18-6-7-23-21(10-18)26(33)32(16-27-23)19-13-28-29(3)14-19/h6-7,10-14,16-17H,8-9,15H2,1-5H3. The van der Waals surface area contributed by atoms with Crippen LogP contribution in [-0.2, 0) is 13.6 Å². The predicted octanol–water partition coefficient (Wildman–Crippen LogP) is 3.50. The molecule has 182 valence electrons. The third kappa shape index (κ3) is 4.12. The third-order valence-corrected chi connectivity index (χ3v) is 6.63. The van der Waals surface area contributed by atoms with Gasteiger partial charge in [0, 0.05) is 62.3 Å². The van der Waals surface area contributed by atoms with Gasteiger partial charge >= 0.3 is 0 Å². The van der Waals surface area contributed by atoms with Crippen LogP contribution in [-0.4, -0.2) is 57.6 Å². The van der Waals surface area contributed by atoms with Crippen molar-refractivity contribution >= 4 is 22.3 Å². The first kappa shape index (κ1) is 22.9. The highest BCUT2D eigenvalue weighted by Gasteiger charge is 2.26. The summed E-state index contributed by atoms with van der Waals surface area (Å²) in [7, 11) is 5.17. The molecule has 9 heteroatoms. The summed E-state index contributed by atoms with van der Waals surface area (Å²) in [5.74, 6) is 1.52. The monoisotopic (exact) mass is 474 g/mol. The molecule has 0 atom stereocenters. The van der Waals surface area contributed by atoms with E-state index < -0.39 is 0 Å². The molecule has 0 fully saturated rings. The van der Waals surface area contributed by atoms with E-state index in [-0.39, 0.29) is 5.56 Å². The molecule has 0 saturated heterocycles. The van der Waals surface area contributed by atoms with E-state index in [4.69, 9.17) is 9.47 Å². The molecule has 0 radical (unpaired) electrons. The number of hydrogen-bond donors (Lipinski definition) is 0. The van der Waals surface area contributed by atoms with Crippen molar-refractivity contribution in [3.8, 4) is 17.2 Å². The number of hydrogen-bond acceptors (Lipinski definition) is 7. The Balaban J connectivity index is 1.67. The Hall–Kier alpha value is -3.85. The highest BCUT2D eigenvalue weighted by molar-refractivity contribution is 5.84. The van der Waals surface area contributed by atoms with Crippen LogP contribution < -0.4 is 19.9 Å². The molecule has 0 amide bonds. The summed E-state index contributed by atoms with van der Waals surface area (Å²) in [6.07, 6.45) is 5.00. The minimum Gasteiger partial charge on any atom is -0.497 e. The number of methoxy groups -OCH3 is 2. The molecule has 0 saturated carbocycles. The molecule has 0 unspecified atom stereocenters. The topological polar surface area (TPSA) is 77.6 Å². The molecule has 0 bridgehead atoms. The molecule has 9 nitrogen and oxygen atoms in total. The van der Waals surface area contributed by atoms with Gasteiger partial charge in [0.1, 0.15) is 17.8 Å². The molecule has 3 heterocycles. The molecule has 1 aliphatic heterocycles. The number of benzene rings is 2. The van der Waals surface area contributed by atoms with E-state index in [1.54, 1.807) is 37.6 Å². The van der Waals surface area contributed by atoms with Crippen molar-refractivity contribution in [1.29, 1.82) is 0 Å². The van der Waals surface area contributed by atoms with E-state index in [1.165, 1.54) is 4.57 Å². The van der Waals surface area contributed by atoms with Crippen LogP contribution in [0.25, 0.3) is 16.6 Å². The fourth-order valence-corrected chi connectivity index (χ4v) is 4.64. The van der Waals surface area contributed by atoms with Crippen LogP contribution in [0.2, 0.25) is 0 Å². The van der Waals surface area contributed by atoms with Gasteiger partial charge in [0.2, 0.25) is 0 Å². The number of nitrogens with zero attached hydrogens (tertiary/aromatic N) is 6. The van der Waals surface area contributed by atoms with E-state index in [1.807, 2.05) is 37.4 Å². The Kier molecular flexibility index (Phi) is 5.94. The maximum Gasteiger partial charge on any atom is 0.265 e. The highest BCUT2D eigenvalue weighted by atomic mass is 16.5. The normalized spacial score (nSPS) is 14.3. The fraction of sp³-hybridized carbons (Fsp3) is 0.346. The van der Waals surface area contributed by atoms with Crippen molar-refractivity contribution in [1.82, 2.24) is 24.2 Å². The molecule has 0 spiro atoms. The van der Waals surface area contributed by atoms with E-state index in [0.717, 1.165) is 48.1 Å². The number of aryl methyl sites for hydroxylation is 1. The van der Waals surface area contributed by atoms with Crippen molar-refractivity contribution in [3.63, 3.8) is 0 Å². The lowest BCUT2D eigenvalue weighted by molar-refractivity contribution is 0.221. The first-order chi connectivity index (χ1) is 16.9. The minimum atomic E-state index is -0.132. The summed E-state index contributed by atoms with van der Waals surface area (Å²) >= 11 is 0. The average molecular weight is 475 g/mol. The average Bonchev–Trinajstić information content (AvgIpc) is 3.19. The van der Waals surface area contributed by atoms with Crippen molar-refractivity contribution in [2.75, 3.05) is 32.2 Å². The van der Waals surface area contributed by atoms with E-state index in [2.05, 4.69) is 33.7 Å². The SMILES string of the molecule is COc1cc(OC)c2c(c1)N(c1ccc3ncn(-c4cnn(C)c4)c(=O)c3c1)CCN(C(C)C)C2. The summed E-state index contributed by atoms with van der Waals surface area (Å²) in [5, 5.41) is 4.74. The van der Waals surface area contributed by atoms with Crippen LogP contribution in [0, 0.1) is 0 Å². The predicted molar refractivity (Wildman–Crippen MR) is 136 cm³/mol. The summed E-state index contributed by atoms with van der Waals surface area (Å²) in [6.45, 7) is 6.79. The van der Waals surface area contributed by atoms with Crippen molar-refractivity contribution in [3.05, 3.63) is 65.0 Å². The Labute approximate surface area is 204 Å². The number of fused-ring (bicyclic) bond motifs is 2. The number of anilines is 2. The second-order valence-corrected chi connectivity index (χ2v) is 9.04. The third-order valence-electron chi connectivity index (χ3n) is 6.63. The zero-order chi connectivity index (χ0) is 24.7. The number of rotatable bonds is 5. The Bertz CT molecular complexity index is 1440. The second kappa shape index (κ2) is 9.07. The van der Waals surface area contributed by atoms with Crippen LogP contribution in [0.1, 0.15) is 19.4 Å². The maximum absolute atomic E-state index is 13.4. The highest BCUT2D eigenvalue weighted by Crippen LogP contribution is 2.40. The van der Waals surface area contributed by atoms with Gasteiger partial charge in [-0.25, -0.2) is 4.98 Å². The molecule has 5 rings (SSSR count). The van der Waals surface area contributed by atoms with Gasteiger partial charge in [0.05, 0.1) is 42.7 Å². The summed E-state index contributed by atoms with van der Waals surface area (Å²) in [4.78, 5) is 22.6. The van der Waals surface area contributed by atoms with Gasteiger partial charge in [0.15, 0.2) is 0 Å². The molecule has 2 aromatic heterocycles. The molecule has 0 N–H and O–H groups in total. The Morgan fingerprint density at radius 2 is 1.86 bits per heavy atom. The molecule has 35 heavy (non-hydrogen) atoms. The fourth-order valence-electron chi connectivity index (χ4n) is 4.64. The Morgan fingerprint density at radius 1 is 1.03 bits per heavy atom. The first-order valence-electron chi connectivity index (χ1n) is 11.7.